The van der Waals surface area contributed by atoms with E-state index in [1.54, 1.807) is 24.5 Å². The molecule has 3 heterocycles. The van der Waals surface area contributed by atoms with Gasteiger partial charge >= 0.3 is 0 Å². The average molecular weight is 291 g/mol. The van der Waals surface area contributed by atoms with Gasteiger partial charge in [-0.05, 0) is 12.1 Å². The highest BCUT2D eigenvalue weighted by Crippen LogP contribution is 2.23. The zero-order chi connectivity index (χ0) is 13.9. The standard InChI is InChI=1S/C14H17N3O2S/c1-11(18)17-6-4-16(5-7-17)9-14-15-12(10-20-14)13-3-2-8-19-13/h2-3,8,10H,4-7,9H2,1H3. The minimum absolute atomic E-state index is 0.166. The number of thiazole rings is 1. The molecule has 2 aromatic heterocycles. The summed E-state index contributed by atoms with van der Waals surface area (Å²) in [7, 11) is 0. The van der Waals surface area contributed by atoms with Gasteiger partial charge in [0.2, 0.25) is 5.91 Å². The maximum Gasteiger partial charge on any atom is 0.219 e. The van der Waals surface area contributed by atoms with Gasteiger partial charge < -0.3 is 9.32 Å². The van der Waals surface area contributed by atoms with E-state index in [-0.39, 0.29) is 5.91 Å². The van der Waals surface area contributed by atoms with E-state index >= 15 is 0 Å². The normalized spacial score (nSPS) is 16.6. The lowest BCUT2D eigenvalue weighted by atomic mass is 10.3. The van der Waals surface area contributed by atoms with Gasteiger partial charge in [0.25, 0.3) is 0 Å². The van der Waals surface area contributed by atoms with Gasteiger partial charge in [0.05, 0.1) is 12.8 Å². The molecule has 0 saturated carbocycles. The van der Waals surface area contributed by atoms with Crippen molar-refractivity contribution >= 4 is 17.2 Å². The van der Waals surface area contributed by atoms with Crippen molar-refractivity contribution in [2.75, 3.05) is 26.2 Å². The predicted molar refractivity (Wildman–Crippen MR) is 77.3 cm³/mol. The predicted octanol–water partition coefficient (Wildman–Crippen LogP) is 2.07. The Kier molecular flexibility index (Phi) is 3.84. The summed E-state index contributed by atoms with van der Waals surface area (Å²) in [6.45, 7) is 5.92. The molecule has 1 aliphatic heterocycles. The molecule has 0 aromatic carbocycles. The molecule has 0 unspecified atom stereocenters. The number of hydrogen-bond acceptors (Lipinski definition) is 5. The maximum absolute atomic E-state index is 11.3. The molecular formula is C14H17N3O2S. The van der Waals surface area contributed by atoms with Crippen LogP contribution in [0.25, 0.3) is 11.5 Å². The highest BCUT2D eigenvalue weighted by Gasteiger charge is 2.19. The van der Waals surface area contributed by atoms with Crippen LogP contribution in [0.4, 0.5) is 0 Å². The second-order valence-electron chi connectivity index (χ2n) is 4.89. The lowest BCUT2D eigenvalue weighted by Crippen LogP contribution is -2.47. The number of amides is 1. The molecule has 0 aliphatic carbocycles. The van der Waals surface area contributed by atoms with Crippen molar-refractivity contribution in [3.05, 3.63) is 28.8 Å². The Bertz CT molecular complexity index is 571. The topological polar surface area (TPSA) is 49.6 Å². The SMILES string of the molecule is CC(=O)N1CCN(Cc2nc(-c3ccco3)cs2)CC1. The van der Waals surface area contributed by atoms with E-state index in [2.05, 4.69) is 9.88 Å². The van der Waals surface area contributed by atoms with E-state index in [9.17, 15) is 4.79 Å². The third-order valence-corrected chi connectivity index (χ3v) is 4.34. The van der Waals surface area contributed by atoms with Crippen molar-refractivity contribution in [3.63, 3.8) is 0 Å². The van der Waals surface area contributed by atoms with Gasteiger partial charge in [-0.2, -0.15) is 0 Å². The second-order valence-corrected chi connectivity index (χ2v) is 5.83. The Labute approximate surface area is 121 Å². The molecule has 0 N–H and O–H groups in total. The van der Waals surface area contributed by atoms with Crippen LogP contribution in [0.15, 0.2) is 28.2 Å². The molecule has 1 amide bonds. The van der Waals surface area contributed by atoms with E-state index in [1.165, 1.54) is 0 Å². The summed E-state index contributed by atoms with van der Waals surface area (Å²) >= 11 is 1.66. The summed E-state index contributed by atoms with van der Waals surface area (Å²) < 4.78 is 5.35. The number of carbonyl (C=O) groups is 1. The largest absolute Gasteiger partial charge is 0.463 e. The molecule has 0 radical (unpaired) electrons. The van der Waals surface area contributed by atoms with Gasteiger partial charge in [0.1, 0.15) is 10.7 Å². The number of furan rings is 1. The van der Waals surface area contributed by atoms with Crippen LogP contribution >= 0.6 is 11.3 Å². The molecule has 2 aromatic rings. The Hall–Kier alpha value is -1.66. The van der Waals surface area contributed by atoms with Crippen LogP contribution in [0.1, 0.15) is 11.9 Å². The quantitative estimate of drug-likeness (QED) is 0.868. The molecule has 0 atom stereocenters. The molecule has 1 fully saturated rings. The number of rotatable bonds is 3. The fourth-order valence-electron chi connectivity index (χ4n) is 2.33. The first-order chi connectivity index (χ1) is 9.72. The van der Waals surface area contributed by atoms with Crippen molar-refractivity contribution < 1.29 is 9.21 Å². The minimum atomic E-state index is 0.166. The molecule has 6 heteroatoms. The summed E-state index contributed by atoms with van der Waals surface area (Å²) in [5, 5.41) is 3.12. The molecule has 0 spiro atoms. The summed E-state index contributed by atoms with van der Waals surface area (Å²) in [4.78, 5) is 20.1. The first kappa shape index (κ1) is 13.3. The Morgan fingerprint density at radius 1 is 1.40 bits per heavy atom. The lowest BCUT2D eigenvalue weighted by molar-refractivity contribution is -0.130. The monoisotopic (exact) mass is 291 g/mol. The van der Waals surface area contributed by atoms with Crippen molar-refractivity contribution in [1.82, 2.24) is 14.8 Å². The van der Waals surface area contributed by atoms with Gasteiger partial charge in [-0.3, -0.25) is 9.69 Å². The number of nitrogens with zero attached hydrogens (tertiary/aromatic N) is 3. The smallest absolute Gasteiger partial charge is 0.219 e. The molecule has 1 saturated heterocycles. The summed E-state index contributed by atoms with van der Waals surface area (Å²) in [6.07, 6.45) is 1.66. The summed E-state index contributed by atoms with van der Waals surface area (Å²) in [5.41, 5.74) is 0.900. The fourth-order valence-corrected chi connectivity index (χ4v) is 3.16. The van der Waals surface area contributed by atoms with Crippen LogP contribution in [0, 0.1) is 0 Å². The van der Waals surface area contributed by atoms with Crippen molar-refractivity contribution in [2.24, 2.45) is 0 Å². The lowest BCUT2D eigenvalue weighted by Gasteiger charge is -2.33. The van der Waals surface area contributed by atoms with Gasteiger partial charge in [-0.25, -0.2) is 4.98 Å². The molecule has 0 bridgehead atoms. The van der Waals surface area contributed by atoms with E-state index in [0.29, 0.717) is 0 Å². The van der Waals surface area contributed by atoms with Crippen molar-refractivity contribution in [2.45, 2.75) is 13.5 Å². The molecule has 20 heavy (non-hydrogen) atoms. The third kappa shape index (κ3) is 2.91. The Morgan fingerprint density at radius 2 is 2.20 bits per heavy atom. The van der Waals surface area contributed by atoms with Crippen LogP contribution < -0.4 is 0 Å². The zero-order valence-electron chi connectivity index (χ0n) is 11.4. The van der Waals surface area contributed by atoms with Crippen molar-refractivity contribution in [1.29, 1.82) is 0 Å². The van der Waals surface area contributed by atoms with Crippen LogP contribution in [0.3, 0.4) is 0 Å². The molecule has 106 valence electrons. The number of piperazine rings is 1. The Morgan fingerprint density at radius 3 is 2.85 bits per heavy atom. The minimum Gasteiger partial charge on any atom is -0.463 e. The van der Waals surface area contributed by atoms with E-state index in [0.717, 1.165) is 49.2 Å². The van der Waals surface area contributed by atoms with Crippen LogP contribution in [0.2, 0.25) is 0 Å². The van der Waals surface area contributed by atoms with Gasteiger partial charge in [-0.1, -0.05) is 0 Å². The van der Waals surface area contributed by atoms with E-state index < -0.39 is 0 Å². The highest BCUT2D eigenvalue weighted by atomic mass is 32.1. The summed E-state index contributed by atoms with van der Waals surface area (Å²) in [6, 6.07) is 3.79. The molecule has 5 nitrogen and oxygen atoms in total. The number of aromatic nitrogens is 1. The van der Waals surface area contributed by atoms with Crippen molar-refractivity contribution in [3.8, 4) is 11.5 Å². The molecule has 3 rings (SSSR count). The highest BCUT2D eigenvalue weighted by molar-refractivity contribution is 7.09. The maximum atomic E-state index is 11.3. The summed E-state index contributed by atoms with van der Waals surface area (Å²) in [5.74, 6) is 0.980. The third-order valence-electron chi connectivity index (χ3n) is 3.50. The zero-order valence-corrected chi connectivity index (χ0v) is 12.2. The Balaban J connectivity index is 1.58. The van der Waals surface area contributed by atoms with Crippen LogP contribution in [0.5, 0.6) is 0 Å². The van der Waals surface area contributed by atoms with Gasteiger partial charge in [0.15, 0.2) is 5.76 Å². The van der Waals surface area contributed by atoms with Gasteiger partial charge in [0, 0.05) is 38.5 Å². The van der Waals surface area contributed by atoms with Crippen LogP contribution in [-0.4, -0.2) is 46.9 Å². The number of carbonyl (C=O) groups excluding carboxylic acids is 1. The second kappa shape index (κ2) is 5.76. The van der Waals surface area contributed by atoms with Gasteiger partial charge in [-0.15, -0.1) is 11.3 Å². The first-order valence-electron chi connectivity index (χ1n) is 6.68. The average Bonchev–Trinajstić information content (AvgIpc) is 3.09. The number of hydrogen-bond donors (Lipinski definition) is 0. The van der Waals surface area contributed by atoms with Crippen LogP contribution in [-0.2, 0) is 11.3 Å². The first-order valence-corrected chi connectivity index (χ1v) is 7.56. The van der Waals surface area contributed by atoms with E-state index in [1.807, 2.05) is 22.4 Å². The molecular weight excluding hydrogens is 274 g/mol. The molecule has 1 aliphatic rings. The fraction of sp³-hybridized carbons (Fsp3) is 0.429. The van der Waals surface area contributed by atoms with E-state index in [4.69, 9.17) is 4.42 Å².